The van der Waals surface area contributed by atoms with Crippen molar-refractivity contribution in [2.75, 3.05) is 44.4 Å². The second-order valence-corrected chi connectivity index (χ2v) is 5.48. The maximum atomic E-state index is 9.02. The summed E-state index contributed by atoms with van der Waals surface area (Å²) >= 11 is 0. The number of nitriles is 1. The summed E-state index contributed by atoms with van der Waals surface area (Å²) in [6, 6.07) is 7.80. The van der Waals surface area contributed by atoms with E-state index in [1.54, 1.807) is 6.07 Å². The highest BCUT2D eigenvalue weighted by Crippen LogP contribution is 2.27. The predicted molar refractivity (Wildman–Crippen MR) is 79.1 cm³/mol. The van der Waals surface area contributed by atoms with Crippen LogP contribution >= 0.6 is 0 Å². The number of nitrogens with zero attached hydrogens (tertiary/aromatic N) is 3. The number of hydrogen-bond acceptors (Lipinski definition) is 4. The summed E-state index contributed by atoms with van der Waals surface area (Å²) < 4.78 is 0. The lowest BCUT2D eigenvalue weighted by molar-refractivity contribution is 0.222. The molecule has 0 atom stereocenters. The first-order valence-corrected chi connectivity index (χ1v) is 6.80. The lowest BCUT2D eigenvalue weighted by Crippen LogP contribution is -2.35. The van der Waals surface area contributed by atoms with Crippen LogP contribution in [0.5, 0.6) is 0 Å². The van der Waals surface area contributed by atoms with E-state index in [1.807, 2.05) is 12.1 Å². The highest BCUT2D eigenvalue weighted by atomic mass is 15.1. The molecule has 4 heteroatoms. The van der Waals surface area contributed by atoms with Crippen LogP contribution in [-0.4, -0.2) is 38.6 Å². The normalized spacial score (nSPS) is 17.1. The van der Waals surface area contributed by atoms with Gasteiger partial charge in [0.1, 0.15) is 6.07 Å². The van der Waals surface area contributed by atoms with Crippen LogP contribution in [0.2, 0.25) is 0 Å². The molecular weight excluding hydrogens is 236 g/mol. The summed E-state index contributed by atoms with van der Waals surface area (Å²) in [7, 11) is 4.24. The molecule has 1 aromatic rings. The van der Waals surface area contributed by atoms with Gasteiger partial charge in [-0.05, 0) is 51.0 Å². The Bertz CT molecular complexity index is 470. The minimum Gasteiger partial charge on any atom is -0.396 e. The fourth-order valence-corrected chi connectivity index (χ4v) is 2.71. The van der Waals surface area contributed by atoms with Gasteiger partial charge in [-0.25, -0.2) is 0 Å². The van der Waals surface area contributed by atoms with Gasteiger partial charge in [-0.2, -0.15) is 5.26 Å². The van der Waals surface area contributed by atoms with Crippen molar-refractivity contribution in [2.24, 2.45) is 5.92 Å². The molecule has 0 saturated carbocycles. The van der Waals surface area contributed by atoms with E-state index >= 15 is 0 Å². The van der Waals surface area contributed by atoms with Gasteiger partial charge >= 0.3 is 0 Å². The van der Waals surface area contributed by atoms with Crippen LogP contribution in [-0.2, 0) is 0 Å². The predicted octanol–water partition coefficient (Wildman–Crippen LogP) is 1.92. The van der Waals surface area contributed by atoms with Crippen molar-refractivity contribution in [1.82, 2.24) is 4.90 Å². The Morgan fingerprint density at radius 2 is 2.11 bits per heavy atom. The molecule has 4 nitrogen and oxygen atoms in total. The first kappa shape index (κ1) is 13.7. The van der Waals surface area contributed by atoms with Crippen molar-refractivity contribution in [3.63, 3.8) is 0 Å². The van der Waals surface area contributed by atoms with Gasteiger partial charge in [-0.3, -0.25) is 0 Å². The van der Waals surface area contributed by atoms with Gasteiger partial charge in [0.15, 0.2) is 0 Å². The molecule has 0 amide bonds. The van der Waals surface area contributed by atoms with Crippen molar-refractivity contribution in [3.05, 3.63) is 23.8 Å². The maximum absolute atomic E-state index is 9.02. The standard InChI is InChI=1S/C15H22N4/c1-18-8-6-12(7-9-18)11-19(2)14-5-3-4-13(10-16)15(14)17/h3-5,12H,6-9,11,17H2,1-2H3. The molecule has 102 valence electrons. The van der Waals surface area contributed by atoms with Crippen LogP contribution in [0, 0.1) is 17.2 Å². The van der Waals surface area contributed by atoms with E-state index in [4.69, 9.17) is 11.0 Å². The third-order valence-corrected chi connectivity index (χ3v) is 3.99. The molecule has 0 bridgehead atoms. The van der Waals surface area contributed by atoms with E-state index in [0.29, 0.717) is 17.2 Å². The van der Waals surface area contributed by atoms with E-state index in [-0.39, 0.29) is 0 Å². The highest BCUT2D eigenvalue weighted by molar-refractivity contribution is 5.73. The van der Waals surface area contributed by atoms with Gasteiger partial charge in [-0.15, -0.1) is 0 Å². The number of nitrogen functional groups attached to an aromatic ring is 1. The van der Waals surface area contributed by atoms with E-state index in [2.05, 4.69) is 30.0 Å². The molecule has 1 aliphatic rings. The molecule has 1 saturated heterocycles. The molecule has 0 radical (unpaired) electrons. The highest BCUT2D eigenvalue weighted by Gasteiger charge is 2.19. The largest absolute Gasteiger partial charge is 0.396 e. The number of likely N-dealkylation sites (tertiary alicyclic amines) is 1. The number of para-hydroxylation sites is 1. The first-order chi connectivity index (χ1) is 9.11. The van der Waals surface area contributed by atoms with Crippen molar-refractivity contribution >= 4 is 11.4 Å². The number of anilines is 2. The summed E-state index contributed by atoms with van der Waals surface area (Å²) in [6.07, 6.45) is 2.47. The van der Waals surface area contributed by atoms with Crippen LogP contribution in [0.1, 0.15) is 18.4 Å². The molecule has 0 unspecified atom stereocenters. The van der Waals surface area contributed by atoms with Crippen LogP contribution < -0.4 is 10.6 Å². The lowest BCUT2D eigenvalue weighted by Gasteiger charge is -2.32. The Kier molecular flexibility index (Phi) is 4.28. The van der Waals surface area contributed by atoms with Crippen LogP contribution in [0.15, 0.2) is 18.2 Å². The zero-order valence-electron chi connectivity index (χ0n) is 11.8. The molecule has 2 N–H and O–H groups in total. The van der Waals surface area contributed by atoms with Gasteiger partial charge in [0.2, 0.25) is 0 Å². The molecule has 1 aliphatic heterocycles. The van der Waals surface area contributed by atoms with Crippen LogP contribution in [0.3, 0.4) is 0 Å². The van der Waals surface area contributed by atoms with Crippen molar-refractivity contribution in [1.29, 1.82) is 5.26 Å². The Morgan fingerprint density at radius 3 is 2.74 bits per heavy atom. The minimum atomic E-state index is 0.563. The van der Waals surface area contributed by atoms with E-state index in [0.717, 1.165) is 12.2 Å². The molecule has 1 aromatic carbocycles. The fraction of sp³-hybridized carbons (Fsp3) is 0.533. The second-order valence-electron chi connectivity index (χ2n) is 5.48. The van der Waals surface area contributed by atoms with Gasteiger partial charge < -0.3 is 15.5 Å². The van der Waals surface area contributed by atoms with E-state index < -0.39 is 0 Å². The topological polar surface area (TPSA) is 56.3 Å². The average Bonchev–Trinajstić information content (AvgIpc) is 2.41. The minimum absolute atomic E-state index is 0.563. The Balaban J connectivity index is 2.04. The molecule has 0 aromatic heterocycles. The third-order valence-electron chi connectivity index (χ3n) is 3.99. The van der Waals surface area contributed by atoms with Crippen molar-refractivity contribution in [2.45, 2.75) is 12.8 Å². The summed E-state index contributed by atoms with van der Waals surface area (Å²) in [6.45, 7) is 3.35. The zero-order valence-corrected chi connectivity index (χ0v) is 11.8. The summed E-state index contributed by atoms with van der Waals surface area (Å²) in [5, 5.41) is 9.02. The summed E-state index contributed by atoms with van der Waals surface area (Å²) in [5.41, 5.74) is 8.18. The van der Waals surface area contributed by atoms with Gasteiger partial charge in [0.25, 0.3) is 0 Å². The average molecular weight is 258 g/mol. The Hall–Kier alpha value is -1.73. The monoisotopic (exact) mass is 258 g/mol. The smallest absolute Gasteiger partial charge is 0.101 e. The molecule has 1 heterocycles. The number of hydrogen-bond donors (Lipinski definition) is 1. The van der Waals surface area contributed by atoms with Gasteiger partial charge in [0, 0.05) is 13.6 Å². The summed E-state index contributed by atoms with van der Waals surface area (Å²) in [4.78, 5) is 4.56. The molecule has 1 fully saturated rings. The molecule has 0 spiro atoms. The third kappa shape index (κ3) is 3.18. The van der Waals surface area contributed by atoms with Crippen molar-refractivity contribution in [3.8, 4) is 6.07 Å². The van der Waals surface area contributed by atoms with Gasteiger partial charge in [-0.1, -0.05) is 6.07 Å². The fourth-order valence-electron chi connectivity index (χ4n) is 2.71. The molecule has 0 aliphatic carbocycles. The number of rotatable bonds is 3. The second kappa shape index (κ2) is 5.94. The SMILES string of the molecule is CN1CCC(CN(C)c2cccc(C#N)c2N)CC1. The number of benzene rings is 1. The number of piperidine rings is 1. The van der Waals surface area contributed by atoms with E-state index in [9.17, 15) is 0 Å². The quantitative estimate of drug-likeness (QED) is 0.842. The van der Waals surface area contributed by atoms with Crippen LogP contribution in [0.4, 0.5) is 11.4 Å². The first-order valence-electron chi connectivity index (χ1n) is 6.80. The number of nitrogens with two attached hydrogens (primary N) is 1. The van der Waals surface area contributed by atoms with Crippen LogP contribution in [0.25, 0.3) is 0 Å². The molecular formula is C15H22N4. The Morgan fingerprint density at radius 1 is 1.42 bits per heavy atom. The molecule has 19 heavy (non-hydrogen) atoms. The van der Waals surface area contributed by atoms with E-state index in [1.165, 1.54) is 25.9 Å². The van der Waals surface area contributed by atoms with Gasteiger partial charge in [0.05, 0.1) is 16.9 Å². The van der Waals surface area contributed by atoms with Crippen molar-refractivity contribution < 1.29 is 0 Å². The lowest BCUT2D eigenvalue weighted by atomic mass is 9.96. The molecule has 2 rings (SSSR count). The maximum Gasteiger partial charge on any atom is 0.101 e. The summed E-state index contributed by atoms with van der Waals surface area (Å²) in [5.74, 6) is 0.714. The zero-order chi connectivity index (χ0) is 13.8. The Labute approximate surface area is 115 Å².